The highest BCUT2D eigenvalue weighted by atomic mass is 32.2. The van der Waals surface area contributed by atoms with E-state index in [-0.39, 0.29) is 23.2 Å². The molecule has 8 heteroatoms. The second kappa shape index (κ2) is 7.56. The van der Waals surface area contributed by atoms with Crippen LogP contribution in [0.1, 0.15) is 35.0 Å². The highest BCUT2D eigenvalue weighted by Gasteiger charge is 2.33. The van der Waals surface area contributed by atoms with Gasteiger partial charge in [-0.2, -0.15) is 0 Å². The molecule has 144 valence electrons. The van der Waals surface area contributed by atoms with Crippen LogP contribution in [0.25, 0.3) is 0 Å². The van der Waals surface area contributed by atoms with Crippen LogP contribution in [0.2, 0.25) is 0 Å². The summed E-state index contributed by atoms with van der Waals surface area (Å²) in [6.07, 6.45) is 3.09. The van der Waals surface area contributed by atoms with E-state index in [2.05, 4.69) is 10.6 Å². The molecular formula is C19H22N2O5S. The van der Waals surface area contributed by atoms with Crippen molar-refractivity contribution in [2.45, 2.75) is 42.9 Å². The van der Waals surface area contributed by atoms with Crippen molar-refractivity contribution in [1.29, 1.82) is 0 Å². The largest absolute Gasteiger partial charge is 0.468 e. The number of sulfone groups is 1. The van der Waals surface area contributed by atoms with Gasteiger partial charge in [-0.15, -0.1) is 0 Å². The second-order valence-electron chi connectivity index (χ2n) is 6.75. The van der Waals surface area contributed by atoms with Crippen LogP contribution >= 0.6 is 0 Å². The van der Waals surface area contributed by atoms with Gasteiger partial charge < -0.3 is 15.1 Å². The molecule has 3 rings (SSSR count). The molecule has 1 aromatic heterocycles. The van der Waals surface area contributed by atoms with Gasteiger partial charge in [-0.05, 0) is 62.1 Å². The van der Waals surface area contributed by atoms with Crippen LogP contribution < -0.4 is 10.6 Å². The molecule has 1 heterocycles. The first-order valence-electron chi connectivity index (χ1n) is 8.72. The Morgan fingerprint density at radius 2 is 1.89 bits per heavy atom. The first-order chi connectivity index (χ1) is 12.8. The van der Waals surface area contributed by atoms with Gasteiger partial charge in [0.1, 0.15) is 11.0 Å². The molecule has 0 radical (unpaired) electrons. The molecule has 1 aromatic carbocycles. The van der Waals surface area contributed by atoms with Crippen LogP contribution in [-0.2, 0) is 19.4 Å². The van der Waals surface area contributed by atoms with Crippen LogP contribution in [0.3, 0.4) is 0 Å². The van der Waals surface area contributed by atoms with E-state index in [1.54, 1.807) is 24.3 Å². The summed E-state index contributed by atoms with van der Waals surface area (Å²) in [5.41, 5.74) is 1.83. The Labute approximate surface area is 158 Å². The van der Waals surface area contributed by atoms with E-state index in [0.29, 0.717) is 0 Å². The lowest BCUT2D eigenvalue weighted by atomic mass is 10.1. The van der Waals surface area contributed by atoms with E-state index in [9.17, 15) is 18.0 Å². The van der Waals surface area contributed by atoms with Crippen LogP contribution in [-0.4, -0.2) is 32.8 Å². The van der Waals surface area contributed by atoms with Gasteiger partial charge in [0.15, 0.2) is 9.84 Å². The summed E-state index contributed by atoms with van der Waals surface area (Å²) < 4.78 is 31.6. The highest BCUT2D eigenvalue weighted by Crippen LogP contribution is 2.30. The number of benzene rings is 1. The van der Waals surface area contributed by atoms with Gasteiger partial charge in [-0.1, -0.05) is 6.07 Å². The van der Waals surface area contributed by atoms with Crippen molar-refractivity contribution in [2.24, 2.45) is 0 Å². The van der Waals surface area contributed by atoms with Gasteiger partial charge >= 0.3 is 11.8 Å². The van der Waals surface area contributed by atoms with Crippen LogP contribution in [0.15, 0.2) is 45.9 Å². The zero-order valence-corrected chi connectivity index (χ0v) is 16.0. The maximum absolute atomic E-state index is 13.2. The van der Waals surface area contributed by atoms with Gasteiger partial charge in [-0.3, -0.25) is 9.59 Å². The van der Waals surface area contributed by atoms with Gasteiger partial charge in [0.25, 0.3) is 0 Å². The molecular weight excluding hydrogens is 368 g/mol. The van der Waals surface area contributed by atoms with Crippen molar-refractivity contribution < 1.29 is 22.4 Å². The molecule has 0 unspecified atom stereocenters. The average Bonchev–Trinajstić information content (AvgIpc) is 3.27. The van der Waals surface area contributed by atoms with E-state index < -0.39 is 26.9 Å². The topological polar surface area (TPSA) is 105 Å². The smallest absolute Gasteiger partial charge is 0.309 e. The lowest BCUT2D eigenvalue weighted by Crippen LogP contribution is -2.43. The Kier molecular flexibility index (Phi) is 5.36. The van der Waals surface area contributed by atoms with E-state index in [0.717, 1.165) is 24.0 Å². The first-order valence-corrected chi connectivity index (χ1v) is 10.3. The predicted molar refractivity (Wildman–Crippen MR) is 98.7 cm³/mol. The lowest BCUT2D eigenvalue weighted by molar-refractivity contribution is -0.139. The number of furan rings is 1. The van der Waals surface area contributed by atoms with E-state index in [1.165, 1.54) is 12.3 Å². The number of aryl methyl sites for hydroxylation is 2. The summed E-state index contributed by atoms with van der Waals surface area (Å²) in [7, 11) is -3.84. The van der Waals surface area contributed by atoms with Crippen molar-refractivity contribution in [2.75, 3.05) is 6.54 Å². The van der Waals surface area contributed by atoms with Gasteiger partial charge in [0, 0.05) is 12.6 Å². The molecule has 7 nitrogen and oxygen atoms in total. The second-order valence-corrected chi connectivity index (χ2v) is 8.88. The summed E-state index contributed by atoms with van der Waals surface area (Å²) in [5.74, 6) is -1.40. The minimum absolute atomic E-state index is 0.0448. The van der Waals surface area contributed by atoms with Crippen LogP contribution in [0, 0.1) is 13.8 Å². The van der Waals surface area contributed by atoms with Crippen molar-refractivity contribution in [3.05, 3.63) is 53.5 Å². The third-order valence-corrected chi connectivity index (χ3v) is 6.67. The SMILES string of the molecule is Cc1ccc(S(=O)(=O)[C@@H](CNC(=O)C(=O)NC2CC2)c2ccco2)cc1C. The molecule has 1 aliphatic carbocycles. The van der Waals surface area contributed by atoms with Crippen molar-refractivity contribution in [3.8, 4) is 0 Å². The highest BCUT2D eigenvalue weighted by molar-refractivity contribution is 7.91. The molecule has 0 saturated heterocycles. The fourth-order valence-corrected chi connectivity index (χ4v) is 4.31. The number of amides is 2. The van der Waals surface area contributed by atoms with E-state index in [4.69, 9.17) is 4.42 Å². The Morgan fingerprint density at radius 1 is 1.15 bits per heavy atom. The number of carbonyl (C=O) groups excluding carboxylic acids is 2. The number of rotatable bonds is 6. The molecule has 1 fully saturated rings. The number of nitrogens with one attached hydrogen (secondary N) is 2. The Hall–Kier alpha value is -2.61. The predicted octanol–water partition coefficient (Wildman–Crippen LogP) is 1.81. The Balaban J connectivity index is 1.81. The van der Waals surface area contributed by atoms with E-state index in [1.807, 2.05) is 13.8 Å². The number of carbonyl (C=O) groups is 2. The zero-order chi connectivity index (χ0) is 19.6. The summed E-state index contributed by atoms with van der Waals surface area (Å²) in [5, 5.41) is 3.86. The minimum Gasteiger partial charge on any atom is -0.468 e. The molecule has 0 aliphatic heterocycles. The van der Waals surface area contributed by atoms with Crippen molar-refractivity contribution in [1.82, 2.24) is 10.6 Å². The molecule has 0 spiro atoms. The van der Waals surface area contributed by atoms with Crippen molar-refractivity contribution >= 4 is 21.7 Å². The molecule has 1 saturated carbocycles. The molecule has 0 bridgehead atoms. The molecule has 2 aromatic rings. The van der Waals surface area contributed by atoms with Crippen LogP contribution in [0.5, 0.6) is 0 Å². The number of hydrogen-bond donors (Lipinski definition) is 2. The maximum atomic E-state index is 13.2. The fourth-order valence-electron chi connectivity index (χ4n) is 2.64. The van der Waals surface area contributed by atoms with Crippen molar-refractivity contribution in [3.63, 3.8) is 0 Å². The quantitative estimate of drug-likeness (QED) is 0.732. The monoisotopic (exact) mass is 390 g/mol. The fraction of sp³-hybridized carbons (Fsp3) is 0.368. The molecule has 2 N–H and O–H groups in total. The third-order valence-electron chi connectivity index (χ3n) is 4.61. The maximum Gasteiger partial charge on any atom is 0.309 e. The third kappa shape index (κ3) is 4.39. The molecule has 27 heavy (non-hydrogen) atoms. The molecule has 1 aliphatic rings. The summed E-state index contributed by atoms with van der Waals surface area (Å²) in [6.45, 7) is 3.47. The van der Waals surface area contributed by atoms with Gasteiger partial charge in [0.05, 0.1) is 11.2 Å². The van der Waals surface area contributed by atoms with Gasteiger partial charge in [0.2, 0.25) is 0 Å². The Morgan fingerprint density at radius 3 is 2.48 bits per heavy atom. The minimum atomic E-state index is -3.84. The average molecular weight is 390 g/mol. The molecule has 2 amide bonds. The number of hydrogen-bond acceptors (Lipinski definition) is 5. The van der Waals surface area contributed by atoms with Crippen LogP contribution in [0.4, 0.5) is 0 Å². The lowest BCUT2D eigenvalue weighted by Gasteiger charge is -2.17. The molecule has 1 atom stereocenters. The standard InChI is InChI=1S/C19H22N2O5S/c1-12-5-8-15(10-13(12)2)27(24,25)17(16-4-3-9-26-16)11-20-18(22)19(23)21-14-6-7-14/h3-5,8-10,14,17H,6-7,11H2,1-2H3,(H,20,22)(H,21,23)/t17-/m0/s1. The Bertz CT molecular complexity index is 946. The summed E-state index contributed by atoms with van der Waals surface area (Å²) >= 11 is 0. The summed E-state index contributed by atoms with van der Waals surface area (Å²) in [4.78, 5) is 23.9. The zero-order valence-electron chi connectivity index (χ0n) is 15.2. The van der Waals surface area contributed by atoms with Gasteiger partial charge in [-0.25, -0.2) is 8.42 Å². The summed E-state index contributed by atoms with van der Waals surface area (Å²) in [6, 6.07) is 8.04. The normalized spacial score (nSPS) is 15.2. The van der Waals surface area contributed by atoms with E-state index >= 15 is 0 Å². The first kappa shape index (κ1) is 19.2.